The maximum absolute atomic E-state index is 8.44. The Balaban J connectivity index is -0.0000000720. The van der Waals surface area contributed by atoms with Crippen LogP contribution in [0.1, 0.15) is 0 Å². The Morgan fingerprint density at radius 3 is 0.778 bits per heavy atom. The Morgan fingerprint density at radius 1 is 0.778 bits per heavy atom. The van der Waals surface area contributed by atoms with Gasteiger partial charge in [-0.05, 0) is 0 Å². The van der Waals surface area contributed by atoms with Gasteiger partial charge in [-0.1, -0.05) is 0 Å². The third-order valence-corrected chi connectivity index (χ3v) is 0. The Morgan fingerprint density at radius 2 is 0.778 bits per heavy atom. The van der Waals surface area contributed by atoms with Crippen LogP contribution in [0, 0.1) is 0 Å². The summed E-state index contributed by atoms with van der Waals surface area (Å²) in [5.41, 5.74) is 0. The van der Waals surface area contributed by atoms with E-state index in [0.717, 1.165) is 0 Å². The molecule has 0 atom stereocenters. The van der Waals surface area contributed by atoms with E-state index in [-0.39, 0.29) is 25.8 Å². The molecule has 0 aliphatic heterocycles. The van der Waals surface area contributed by atoms with Crippen LogP contribution in [0.4, 0.5) is 0 Å². The molecule has 0 spiro atoms. The minimum atomic E-state index is -3.11. The second-order valence-corrected chi connectivity index (χ2v) is 1.22. The Labute approximate surface area is 75.0 Å². The predicted octanol–water partition coefficient (Wildman–Crippen LogP) is -2.01. The smallest absolute Gasteiger partial charge is 0.784 e. The van der Waals surface area contributed by atoms with Gasteiger partial charge >= 0.3 is 25.8 Å². The van der Waals surface area contributed by atoms with E-state index in [1.807, 2.05) is 0 Å². The Hall–Kier alpha value is 1.01. The second kappa shape index (κ2) is 11.8. The third kappa shape index (κ3) is 434. The van der Waals surface area contributed by atoms with Crippen molar-refractivity contribution in [2.24, 2.45) is 0 Å². The first-order valence-corrected chi connectivity index (χ1v) is 3.00. The van der Waals surface area contributed by atoms with Gasteiger partial charge in [-0.15, -0.1) is 22.7 Å². The molecule has 0 saturated heterocycles. The van der Waals surface area contributed by atoms with Crippen LogP contribution in [0.25, 0.3) is 0 Å². The van der Waals surface area contributed by atoms with Gasteiger partial charge in [0.25, 0.3) is 0 Å². The van der Waals surface area contributed by atoms with Gasteiger partial charge in [0, 0.05) is 0 Å². The largest absolute Gasteiger partial charge is 4.00 e. The van der Waals surface area contributed by atoms with Gasteiger partial charge in [0.2, 0.25) is 0 Å². The van der Waals surface area contributed by atoms with Crippen LogP contribution < -0.4 is 0 Å². The van der Waals surface area contributed by atoms with Crippen molar-refractivity contribution in [3.63, 3.8) is 0 Å². The van der Waals surface area contributed by atoms with Crippen molar-refractivity contribution < 1.29 is 52.5 Å². The first-order valence-electron chi connectivity index (χ1n) is 1.00. The second-order valence-electron chi connectivity index (χ2n) is 0.408. The summed E-state index contributed by atoms with van der Waals surface area (Å²) >= 11 is -6.22. The number of rotatable bonds is 0. The predicted molar refractivity (Wildman–Crippen MR) is 19.4 cm³/mol. The molecule has 0 heterocycles. The van der Waals surface area contributed by atoms with E-state index < -0.39 is 22.7 Å². The maximum Gasteiger partial charge on any atom is 4.00 e. The summed E-state index contributed by atoms with van der Waals surface area (Å²) in [7, 11) is 0. The van der Waals surface area contributed by atoms with Gasteiger partial charge in [-0.2, -0.15) is 0 Å². The molecule has 0 amide bonds. The molecule has 0 aromatic rings. The standard InChI is InChI=1S/Hf.2H2O3S/c;2*1-4(2)3/h;2*(H2,1,2,3)/q+4;;/p-4. The minimum Gasteiger partial charge on any atom is -0.784 e. The van der Waals surface area contributed by atoms with E-state index in [4.69, 9.17) is 26.6 Å². The fourth-order valence-corrected chi connectivity index (χ4v) is 0. The van der Waals surface area contributed by atoms with E-state index in [2.05, 4.69) is 0 Å². The zero-order valence-electron chi connectivity index (χ0n) is 3.77. The van der Waals surface area contributed by atoms with Crippen LogP contribution >= 0.6 is 0 Å². The van der Waals surface area contributed by atoms with Crippen molar-refractivity contribution in [1.82, 2.24) is 0 Å². The summed E-state index contributed by atoms with van der Waals surface area (Å²) in [5.74, 6) is 0. The molecule has 9 heavy (non-hydrogen) atoms. The Kier molecular flexibility index (Phi) is 21.6. The van der Waals surface area contributed by atoms with E-state index in [1.54, 1.807) is 0 Å². The van der Waals surface area contributed by atoms with E-state index >= 15 is 0 Å². The topological polar surface area (TPSA) is 126 Å². The van der Waals surface area contributed by atoms with Crippen LogP contribution in [0.15, 0.2) is 0 Å². The molecule has 0 aliphatic rings. The van der Waals surface area contributed by atoms with Gasteiger partial charge in [0.05, 0.1) is 0 Å². The molecular weight excluding hydrogens is 339 g/mol. The van der Waals surface area contributed by atoms with Crippen LogP contribution in [0.5, 0.6) is 0 Å². The Bertz CT molecular complexity index is 69.1. The fraction of sp³-hybridized carbons (Fsp3) is 0. The van der Waals surface area contributed by atoms with E-state index in [9.17, 15) is 0 Å². The molecule has 52 valence electrons. The van der Waals surface area contributed by atoms with E-state index in [1.165, 1.54) is 0 Å². The molecule has 0 fully saturated rings. The van der Waals surface area contributed by atoms with Crippen molar-refractivity contribution in [2.75, 3.05) is 0 Å². The van der Waals surface area contributed by atoms with Crippen molar-refractivity contribution in [3.05, 3.63) is 0 Å². The average Bonchev–Trinajstić information content (AvgIpc) is 1.25. The van der Waals surface area contributed by atoms with Crippen LogP contribution in [-0.4, -0.2) is 26.6 Å². The first kappa shape index (κ1) is 16.5. The normalized spacial score (nSPS) is 7.78. The molecular formula is HfO6S2. The monoisotopic (exact) mass is 340 g/mol. The molecule has 0 radical (unpaired) electrons. The van der Waals surface area contributed by atoms with Gasteiger partial charge in [0.15, 0.2) is 0 Å². The molecule has 0 unspecified atom stereocenters. The van der Waals surface area contributed by atoms with Crippen molar-refractivity contribution >= 4 is 22.7 Å². The third-order valence-electron chi connectivity index (χ3n) is 0. The summed E-state index contributed by atoms with van der Waals surface area (Å²) in [6.07, 6.45) is 0. The molecule has 0 aliphatic carbocycles. The fourth-order valence-electron chi connectivity index (χ4n) is 0. The van der Waals surface area contributed by atoms with Crippen LogP contribution in [-0.2, 0) is 48.6 Å². The zero-order chi connectivity index (χ0) is 7.15. The van der Waals surface area contributed by atoms with Gasteiger partial charge in [-0.25, -0.2) is 0 Å². The molecule has 0 bridgehead atoms. The summed E-state index contributed by atoms with van der Waals surface area (Å²) in [4.78, 5) is 0. The number of hydrogen-bond donors (Lipinski definition) is 0. The van der Waals surface area contributed by atoms with Gasteiger partial charge in [-0.3, -0.25) is 8.42 Å². The minimum absolute atomic E-state index is 0. The SMILES string of the molecule is O=S([O-])[O-].O=S([O-])[O-].[Hf+4]. The van der Waals surface area contributed by atoms with Crippen LogP contribution in [0.2, 0.25) is 0 Å². The molecule has 0 aromatic carbocycles. The summed E-state index contributed by atoms with van der Waals surface area (Å²) in [5, 5.41) is 0. The first-order chi connectivity index (χ1) is 3.46. The van der Waals surface area contributed by atoms with Crippen molar-refractivity contribution in [1.29, 1.82) is 0 Å². The van der Waals surface area contributed by atoms with E-state index in [0.29, 0.717) is 0 Å². The molecule has 0 rings (SSSR count). The zero-order valence-corrected chi connectivity index (χ0v) is 8.99. The van der Waals surface area contributed by atoms with Crippen molar-refractivity contribution in [3.8, 4) is 0 Å². The summed E-state index contributed by atoms with van der Waals surface area (Å²) in [6.45, 7) is 0. The quantitative estimate of drug-likeness (QED) is 0.371. The molecule has 0 saturated carbocycles. The molecule has 9 heteroatoms. The maximum atomic E-state index is 8.44. The average molecular weight is 339 g/mol. The number of hydrogen-bond acceptors (Lipinski definition) is 6. The summed E-state index contributed by atoms with van der Waals surface area (Å²) in [6, 6.07) is 0. The summed E-state index contributed by atoms with van der Waals surface area (Å²) < 4.78 is 50.7. The molecule has 0 N–H and O–H groups in total. The molecule has 0 aromatic heterocycles. The van der Waals surface area contributed by atoms with Crippen LogP contribution in [0.3, 0.4) is 0 Å². The molecule has 6 nitrogen and oxygen atoms in total. The van der Waals surface area contributed by atoms with Gasteiger partial charge in [0.1, 0.15) is 0 Å². The van der Waals surface area contributed by atoms with Gasteiger partial charge < -0.3 is 18.2 Å². The van der Waals surface area contributed by atoms with Crippen molar-refractivity contribution in [2.45, 2.75) is 0 Å².